The third-order valence-corrected chi connectivity index (χ3v) is 2.10. The molecule has 0 spiro atoms. The molecule has 0 aliphatic rings. The van der Waals surface area contributed by atoms with Crippen LogP contribution in [-0.4, -0.2) is 15.1 Å². The molecule has 0 atom stereocenters. The van der Waals surface area contributed by atoms with E-state index in [-0.39, 0.29) is 0 Å². The van der Waals surface area contributed by atoms with E-state index in [4.69, 9.17) is 4.52 Å². The van der Waals surface area contributed by atoms with E-state index in [9.17, 15) is 0 Å². The molecule has 16 heavy (non-hydrogen) atoms. The lowest BCUT2D eigenvalue weighted by atomic mass is 10.3. The average Bonchev–Trinajstić information content (AvgIpc) is 2.64. The molecule has 0 amide bonds. The summed E-state index contributed by atoms with van der Waals surface area (Å²) in [4.78, 5) is 8.48. The van der Waals surface area contributed by atoms with Crippen molar-refractivity contribution in [3.05, 3.63) is 41.3 Å². The Morgan fingerprint density at radius 1 is 1.19 bits per heavy atom. The van der Waals surface area contributed by atoms with Crippen molar-refractivity contribution < 1.29 is 4.52 Å². The van der Waals surface area contributed by atoms with Crippen molar-refractivity contribution in [3.8, 4) is 0 Å². The third kappa shape index (κ3) is 2.87. The first-order valence-corrected chi connectivity index (χ1v) is 5.16. The van der Waals surface area contributed by atoms with Gasteiger partial charge in [-0.05, 0) is 26.0 Å². The monoisotopic (exact) mass is 218 g/mol. The van der Waals surface area contributed by atoms with Gasteiger partial charge < -0.3 is 9.84 Å². The number of nitrogens with zero attached hydrogens (tertiary/aromatic N) is 3. The highest BCUT2D eigenvalue weighted by molar-refractivity contribution is 5.09. The molecule has 0 fully saturated rings. The molecule has 0 aliphatic heterocycles. The minimum absolute atomic E-state index is 0.566. The van der Waals surface area contributed by atoms with Crippen LogP contribution in [-0.2, 0) is 13.1 Å². The van der Waals surface area contributed by atoms with Gasteiger partial charge in [0.25, 0.3) is 0 Å². The van der Waals surface area contributed by atoms with Crippen LogP contribution in [0.1, 0.15) is 23.1 Å². The van der Waals surface area contributed by atoms with E-state index >= 15 is 0 Å². The number of aryl methyl sites for hydroxylation is 2. The van der Waals surface area contributed by atoms with Gasteiger partial charge in [-0.25, -0.2) is 0 Å². The lowest BCUT2D eigenvalue weighted by Crippen LogP contribution is -2.14. The van der Waals surface area contributed by atoms with Gasteiger partial charge in [0.2, 0.25) is 5.89 Å². The predicted molar refractivity (Wildman–Crippen MR) is 58.6 cm³/mol. The Bertz CT molecular complexity index is 467. The smallest absolute Gasteiger partial charge is 0.240 e. The second-order valence-corrected chi connectivity index (χ2v) is 3.61. The van der Waals surface area contributed by atoms with Gasteiger partial charge in [0.15, 0.2) is 5.82 Å². The topological polar surface area (TPSA) is 63.8 Å². The summed E-state index contributed by atoms with van der Waals surface area (Å²) < 4.78 is 4.98. The maximum absolute atomic E-state index is 4.98. The molecule has 2 rings (SSSR count). The first-order valence-electron chi connectivity index (χ1n) is 5.16. The van der Waals surface area contributed by atoms with E-state index in [2.05, 4.69) is 20.4 Å². The van der Waals surface area contributed by atoms with Crippen LogP contribution < -0.4 is 5.32 Å². The van der Waals surface area contributed by atoms with Gasteiger partial charge in [-0.2, -0.15) is 4.98 Å². The van der Waals surface area contributed by atoms with Crippen molar-refractivity contribution in [2.24, 2.45) is 0 Å². The summed E-state index contributed by atoms with van der Waals surface area (Å²) in [5.74, 6) is 1.26. The van der Waals surface area contributed by atoms with Crippen molar-refractivity contribution in [1.82, 2.24) is 20.4 Å². The molecule has 5 nitrogen and oxygen atoms in total. The fourth-order valence-corrected chi connectivity index (χ4v) is 1.41. The summed E-state index contributed by atoms with van der Waals surface area (Å²) in [5, 5.41) is 6.91. The van der Waals surface area contributed by atoms with E-state index in [0.717, 1.165) is 11.4 Å². The highest BCUT2D eigenvalue weighted by atomic mass is 16.5. The van der Waals surface area contributed by atoms with Gasteiger partial charge in [0.1, 0.15) is 0 Å². The van der Waals surface area contributed by atoms with Crippen LogP contribution in [0.5, 0.6) is 0 Å². The van der Waals surface area contributed by atoms with Gasteiger partial charge >= 0.3 is 0 Å². The van der Waals surface area contributed by atoms with Crippen LogP contribution in [0.15, 0.2) is 22.7 Å². The predicted octanol–water partition coefficient (Wildman–Crippen LogP) is 1.37. The molecular weight excluding hydrogens is 204 g/mol. The molecule has 0 saturated carbocycles. The zero-order chi connectivity index (χ0) is 11.4. The Balaban J connectivity index is 1.84. The number of aromatic nitrogens is 3. The number of rotatable bonds is 4. The SMILES string of the molecule is Cc1cccc(CNCc2nc(C)no2)n1. The Morgan fingerprint density at radius 3 is 2.75 bits per heavy atom. The lowest BCUT2D eigenvalue weighted by molar-refractivity contribution is 0.363. The standard InChI is InChI=1S/C11H14N4O/c1-8-4-3-5-10(13-8)6-12-7-11-14-9(2)15-16-11/h3-5,12H,6-7H2,1-2H3. The van der Waals surface area contributed by atoms with E-state index in [1.807, 2.05) is 25.1 Å². The van der Waals surface area contributed by atoms with E-state index in [1.165, 1.54) is 0 Å². The Hall–Kier alpha value is -1.75. The molecule has 0 radical (unpaired) electrons. The normalized spacial score (nSPS) is 10.6. The van der Waals surface area contributed by atoms with Crippen molar-refractivity contribution in [1.29, 1.82) is 0 Å². The van der Waals surface area contributed by atoms with Crippen LogP contribution in [0, 0.1) is 13.8 Å². The van der Waals surface area contributed by atoms with Crippen molar-refractivity contribution in [3.63, 3.8) is 0 Å². The zero-order valence-corrected chi connectivity index (χ0v) is 9.40. The number of hydrogen-bond acceptors (Lipinski definition) is 5. The van der Waals surface area contributed by atoms with Gasteiger partial charge in [-0.3, -0.25) is 4.98 Å². The second-order valence-electron chi connectivity index (χ2n) is 3.61. The van der Waals surface area contributed by atoms with Crippen molar-refractivity contribution in [2.45, 2.75) is 26.9 Å². The zero-order valence-electron chi connectivity index (χ0n) is 9.40. The van der Waals surface area contributed by atoms with Crippen LogP contribution in [0.3, 0.4) is 0 Å². The third-order valence-electron chi connectivity index (χ3n) is 2.10. The molecule has 0 saturated heterocycles. The average molecular weight is 218 g/mol. The second kappa shape index (κ2) is 4.85. The Morgan fingerprint density at radius 2 is 2.06 bits per heavy atom. The minimum Gasteiger partial charge on any atom is -0.338 e. The summed E-state index contributed by atoms with van der Waals surface area (Å²) in [7, 11) is 0. The number of nitrogens with one attached hydrogen (secondary N) is 1. The fourth-order valence-electron chi connectivity index (χ4n) is 1.41. The molecule has 2 heterocycles. The van der Waals surface area contributed by atoms with Crippen LogP contribution >= 0.6 is 0 Å². The molecule has 1 N–H and O–H groups in total. The van der Waals surface area contributed by atoms with Crippen LogP contribution in [0.2, 0.25) is 0 Å². The van der Waals surface area contributed by atoms with Crippen LogP contribution in [0.4, 0.5) is 0 Å². The van der Waals surface area contributed by atoms with Crippen LogP contribution in [0.25, 0.3) is 0 Å². The van der Waals surface area contributed by atoms with E-state index < -0.39 is 0 Å². The molecular formula is C11H14N4O. The summed E-state index contributed by atoms with van der Waals surface area (Å²) in [6.45, 7) is 5.04. The summed E-state index contributed by atoms with van der Waals surface area (Å²) >= 11 is 0. The largest absolute Gasteiger partial charge is 0.338 e. The molecule has 0 aromatic carbocycles. The molecule has 0 aliphatic carbocycles. The van der Waals surface area contributed by atoms with Gasteiger partial charge in [0.05, 0.1) is 12.2 Å². The summed E-state index contributed by atoms with van der Waals surface area (Å²) in [6, 6.07) is 5.96. The van der Waals surface area contributed by atoms with E-state index in [1.54, 1.807) is 6.92 Å². The highest BCUT2D eigenvalue weighted by Gasteiger charge is 2.01. The number of pyridine rings is 1. The first-order chi connectivity index (χ1) is 7.74. The first kappa shape index (κ1) is 10.8. The summed E-state index contributed by atoms with van der Waals surface area (Å²) in [6.07, 6.45) is 0. The maximum atomic E-state index is 4.98. The fraction of sp³-hybridized carbons (Fsp3) is 0.364. The molecule has 0 bridgehead atoms. The van der Waals surface area contributed by atoms with Gasteiger partial charge in [-0.15, -0.1) is 0 Å². The van der Waals surface area contributed by atoms with E-state index in [0.29, 0.717) is 24.8 Å². The van der Waals surface area contributed by atoms with Gasteiger partial charge in [-0.1, -0.05) is 11.2 Å². The number of hydrogen-bond donors (Lipinski definition) is 1. The summed E-state index contributed by atoms with van der Waals surface area (Å²) in [5.41, 5.74) is 2.03. The minimum atomic E-state index is 0.566. The van der Waals surface area contributed by atoms with Gasteiger partial charge in [0, 0.05) is 12.2 Å². The highest BCUT2D eigenvalue weighted by Crippen LogP contribution is 1.99. The molecule has 2 aromatic heterocycles. The molecule has 5 heteroatoms. The Labute approximate surface area is 93.9 Å². The maximum Gasteiger partial charge on any atom is 0.240 e. The quantitative estimate of drug-likeness (QED) is 0.839. The molecule has 2 aromatic rings. The Kier molecular flexibility index (Phi) is 3.26. The molecule has 84 valence electrons. The van der Waals surface area contributed by atoms with Crippen molar-refractivity contribution >= 4 is 0 Å². The molecule has 0 unspecified atom stereocenters. The van der Waals surface area contributed by atoms with Crippen molar-refractivity contribution in [2.75, 3.05) is 0 Å². The lowest BCUT2D eigenvalue weighted by Gasteiger charge is -2.01.